The summed E-state index contributed by atoms with van der Waals surface area (Å²) in [6.07, 6.45) is 0. The van der Waals surface area contributed by atoms with E-state index in [1.54, 1.807) is 48.4 Å². The third kappa shape index (κ3) is 4.63. The van der Waals surface area contributed by atoms with E-state index in [-0.39, 0.29) is 18.6 Å². The number of hydrogen-bond donors (Lipinski definition) is 1. The standard InChI is InChI=1S/C23H21FN2O4/c1-28-20-4-2-3-19(12-20)25-23(27)26(13-16-5-8-18(24)9-6-16)14-17-7-10-21-22(11-17)30-15-29-21/h2-12H,13-15H2,1H3,(H,25,27). The minimum absolute atomic E-state index is 0.189. The summed E-state index contributed by atoms with van der Waals surface area (Å²) in [4.78, 5) is 14.7. The number of carbonyl (C=O) groups is 1. The van der Waals surface area contributed by atoms with Crippen LogP contribution in [0.3, 0.4) is 0 Å². The molecule has 154 valence electrons. The van der Waals surface area contributed by atoms with Gasteiger partial charge in [-0.25, -0.2) is 9.18 Å². The van der Waals surface area contributed by atoms with Gasteiger partial charge in [-0.1, -0.05) is 24.3 Å². The number of amides is 2. The lowest BCUT2D eigenvalue weighted by Gasteiger charge is -2.24. The van der Waals surface area contributed by atoms with Crippen molar-refractivity contribution in [2.45, 2.75) is 13.1 Å². The minimum atomic E-state index is -0.318. The van der Waals surface area contributed by atoms with E-state index in [1.807, 2.05) is 18.2 Å². The Bertz CT molecular complexity index is 1040. The molecule has 4 rings (SSSR count). The summed E-state index contributed by atoms with van der Waals surface area (Å²) in [7, 11) is 1.57. The largest absolute Gasteiger partial charge is 0.497 e. The molecule has 1 heterocycles. The molecule has 0 aliphatic carbocycles. The van der Waals surface area contributed by atoms with Crippen LogP contribution >= 0.6 is 0 Å². The third-order valence-electron chi connectivity index (χ3n) is 4.71. The normalized spacial score (nSPS) is 11.8. The average molecular weight is 408 g/mol. The second-order valence-electron chi connectivity index (χ2n) is 6.83. The van der Waals surface area contributed by atoms with Crippen LogP contribution in [0.5, 0.6) is 17.2 Å². The highest BCUT2D eigenvalue weighted by molar-refractivity contribution is 5.89. The Morgan fingerprint density at radius 3 is 2.53 bits per heavy atom. The molecule has 30 heavy (non-hydrogen) atoms. The number of rotatable bonds is 6. The molecule has 0 spiro atoms. The highest BCUT2D eigenvalue weighted by Gasteiger charge is 2.18. The molecule has 2 amide bonds. The Morgan fingerprint density at radius 1 is 1.00 bits per heavy atom. The van der Waals surface area contributed by atoms with E-state index >= 15 is 0 Å². The molecule has 1 N–H and O–H groups in total. The molecule has 0 bridgehead atoms. The van der Waals surface area contributed by atoms with Gasteiger partial charge >= 0.3 is 6.03 Å². The van der Waals surface area contributed by atoms with Crippen LogP contribution in [0.4, 0.5) is 14.9 Å². The van der Waals surface area contributed by atoms with Crippen LogP contribution in [0, 0.1) is 5.82 Å². The first-order valence-electron chi connectivity index (χ1n) is 9.44. The molecule has 0 fully saturated rings. The fourth-order valence-corrected chi connectivity index (χ4v) is 3.17. The second-order valence-corrected chi connectivity index (χ2v) is 6.83. The average Bonchev–Trinajstić information content (AvgIpc) is 3.23. The Hall–Kier alpha value is -3.74. The minimum Gasteiger partial charge on any atom is -0.497 e. The van der Waals surface area contributed by atoms with Gasteiger partial charge in [0.2, 0.25) is 6.79 Å². The Morgan fingerprint density at radius 2 is 1.73 bits per heavy atom. The van der Waals surface area contributed by atoms with Crippen molar-refractivity contribution in [2.24, 2.45) is 0 Å². The van der Waals surface area contributed by atoms with Gasteiger partial charge in [0.25, 0.3) is 0 Å². The van der Waals surface area contributed by atoms with Gasteiger partial charge in [0, 0.05) is 24.8 Å². The Labute approximate surface area is 173 Å². The van der Waals surface area contributed by atoms with Crippen molar-refractivity contribution in [3.8, 4) is 17.2 Å². The maximum atomic E-state index is 13.3. The fraction of sp³-hybridized carbons (Fsp3) is 0.174. The smallest absolute Gasteiger partial charge is 0.322 e. The van der Waals surface area contributed by atoms with Crippen LogP contribution in [0.15, 0.2) is 66.7 Å². The van der Waals surface area contributed by atoms with Crippen molar-refractivity contribution in [3.63, 3.8) is 0 Å². The van der Waals surface area contributed by atoms with E-state index in [0.29, 0.717) is 36.0 Å². The number of anilines is 1. The number of halogens is 1. The van der Waals surface area contributed by atoms with Crippen LogP contribution in [0.25, 0.3) is 0 Å². The van der Waals surface area contributed by atoms with E-state index in [0.717, 1.165) is 11.1 Å². The lowest BCUT2D eigenvalue weighted by Crippen LogP contribution is -2.34. The molecule has 0 atom stereocenters. The quantitative estimate of drug-likeness (QED) is 0.637. The Balaban J connectivity index is 1.55. The summed E-state index contributed by atoms with van der Waals surface area (Å²) in [5.74, 6) is 1.67. The molecule has 1 aliphatic heterocycles. The van der Waals surface area contributed by atoms with Crippen LogP contribution < -0.4 is 19.5 Å². The molecule has 0 saturated carbocycles. The lowest BCUT2D eigenvalue weighted by atomic mass is 10.1. The van der Waals surface area contributed by atoms with E-state index in [9.17, 15) is 9.18 Å². The maximum Gasteiger partial charge on any atom is 0.322 e. The fourth-order valence-electron chi connectivity index (χ4n) is 3.17. The van der Waals surface area contributed by atoms with Gasteiger partial charge in [0.15, 0.2) is 11.5 Å². The van der Waals surface area contributed by atoms with E-state index in [1.165, 1.54) is 12.1 Å². The molecule has 0 saturated heterocycles. The summed E-state index contributed by atoms with van der Waals surface area (Å²) in [6, 6.07) is 18.5. The molecule has 6 nitrogen and oxygen atoms in total. The molecule has 3 aromatic carbocycles. The van der Waals surface area contributed by atoms with Crippen LogP contribution in [0.1, 0.15) is 11.1 Å². The van der Waals surface area contributed by atoms with Crippen LogP contribution in [-0.2, 0) is 13.1 Å². The molecular weight excluding hydrogens is 387 g/mol. The van der Waals surface area contributed by atoms with Crippen molar-refractivity contribution in [2.75, 3.05) is 19.2 Å². The molecule has 0 unspecified atom stereocenters. The highest BCUT2D eigenvalue weighted by Crippen LogP contribution is 2.33. The number of nitrogens with zero attached hydrogens (tertiary/aromatic N) is 1. The van der Waals surface area contributed by atoms with Gasteiger partial charge < -0.3 is 24.4 Å². The number of fused-ring (bicyclic) bond motifs is 1. The van der Waals surface area contributed by atoms with Gasteiger partial charge in [-0.2, -0.15) is 0 Å². The summed E-state index contributed by atoms with van der Waals surface area (Å²) < 4.78 is 29.3. The van der Waals surface area contributed by atoms with Crippen molar-refractivity contribution < 1.29 is 23.4 Å². The lowest BCUT2D eigenvalue weighted by molar-refractivity contribution is 0.174. The van der Waals surface area contributed by atoms with Crippen molar-refractivity contribution in [1.29, 1.82) is 0 Å². The summed E-state index contributed by atoms with van der Waals surface area (Å²) in [5, 5.41) is 2.90. The van der Waals surface area contributed by atoms with Gasteiger partial charge in [0.05, 0.1) is 7.11 Å². The number of carbonyl (C=O) groups excluding carboxylic acids is 1. The van der Waals surface area contributed by atoms with Gasteiger partial charge in [0.1, 0.15) is 11.6 Å². The molecule has 0 aromatic heterocycles. The van der Waals surface area contributed by atoms with Crippen LogP contribution in [-0.4, -0.2) is 24.8 Å². The number of nitrogens with one attached hydrogen (secondary N) is 1. The first-order valence-corrected chi connectivity index (χ1v) is 9.44. The molecule has 3 aromatic rings. The van der Waals surface area contributed by atoms with E-state index in [4.69, 9.17) is 14.2 Å². The number of urea groups is 1. The summed E-state index contributed by atoms with van der Waals surface area (Å²) >= 11 is 0. The molecule has 7 heteroatoms. The Kier molecular flexibility index (Phi) is 5.70. The van der Waals surface area contributed by atoms with Gasteiger partial charge in [-0.15, -0.1) is 0 Å². The van der Waals surface area contributed by atoms with Crippen molar-refractivity contribution >= 4 is 11.7 Å². The van der Waals surface area contributed by atoms with Crippen molar-refractivity contribution in [3.05, 3.63) is 83.7 Å². The van der Waals surface area contributed by atoms with Crippen LogP contribution in [0.2, 0.25) is 0 Å². The molecular formula is C23H21FN2O4. The van der Waals surface area contributed by atoms with Gasteiger partial charge in [-0.3, -0.25) is 0 Å². The highest BCUT2D eigenvalue weighted by atomic mass is 19.1. The maximum absolute atomic E-state index is 13.3. The summed E-state index contributed by atoms with van der Waals surface area (Å²) in [6.45, 7) is 0.836. The van der Waals surface area contributed by atoms with E-state index in [2.05, 4.69) is 5.32 Å². The predicted molar refractivity (Wildman–Crippen MR) is 110 cm³/mol. The number of ether oxygens (including phenoxy) is 3. The second kappa shape index (κ2) is 8.73. The first-order chi connectivity index (χ1) is 14.6. The number of methoxy groups -OCH3 is 1. The zero-order valence-corrected chi connectivity index (χ0v) is 16.4. The predicted octanol–water partition coefficient (Wildman–Crippen LogP) is 4.80. The monoisotopic (exact) mass is 408 g/mol. The zero-order chi connectivity index (χ0) is 20.9. The summed E-state index contributed by atoms with van der Waals surface area (Å²) in [5.41, 5.74) is 2.33. The zero-order valence-electron chi connectivity index (χ0n) is 16.4. The van der Waals surface area contributed by atoms with Crippen molar-refractivity contribution in [1.82, 2.24) is 4.90 Å². The van der Waals surface area contributed by atoms with E-state index < -0.39 is 0 Å². The van der Waals surface area contributed by atoms with Gasteiger partial charge in [-0.05, 0) is 47.5 Å². The molecule has 1 aliphatic rings. The topological polar surface area (TPSA) is 60.0 Å². The number of benzene rings is 3. The third-order valence-corrected chi connectivity index (χ3v) is 4.71. The number of hydrogen-bond acceptors (Lipinski definition) is 4. The SMILES string of the molecule is COc1cccc(NC(=O)N(Cc2ccc(F)cc2)Cc2ccc3c(c2)OCO3)c1. The molecule has 0 radical (unpaired) electrons. The first kappa shape index (κ1) is 19.6.